The van der Waals surface area contributed by atoms with E-state index in [4.69, 9.17) is 14.2 Å². The van der Waals surface area contributed by atoms with Crippen LogP contribution in [0, 0.1) is 0 Å². The lowest BCUT2D eigenvalue weighted by molar-refractivity contribution is -0.147. The summed E-state index contributed by atoms with van der Waals surface area (Å²) >= 11 is 0. The lowest BCUT2D eigenvalue weighted by Crippen LogP contribution is -2.45. The minimum Gasteiger partial charge on any atom is -0.463 e. The van der Waals surface area contributed by atoms with Crippen molar-refractivity contribution in [2.75, 3.05) is 6.61 Å². The standard InChI is InChI=1S/C26H31NO6/c1-5-31-23(28)16-15-19-11-13-20(14-12-19)17-22(27-25(30)33-26(2,3)4)24(29)32-18-21-9-7-6-8-10-21/h6-16,22H,5,17-18H2,1-4H3,(H,27,30)/t22-/m0/s1. The number of rotatable bonds is 9. The van der Waals surface area contributed by atoms with Crippen LogP contribution < -0.4 is 5.32 Å². The molecule has 0 spiro atoms. The number of amides is 1. The van der Waals surface area contributed by atoms with E-state index in [0.29, 0.717) is 6.61 Å². The van der Waals surface area contributed by atoms with Crippen molar-refractivity contribution >= 4 is 24.1 Å². The van der Waals surface area contributed by atoms with Gasteiger partial charge in [0.1, 0.15) is 18.2 Å². The maximum absolute atomic E-state index is 12.8. The van der Waals surface area contributed by atoms with E-state index in [9.17, 15) is 14.4 Å². The molecular formula is C26H31NO6. The number of carbonyl (C=O) groups is 3. The highest BCUT2D eigenvalue weighted by molar-refractivity contribution is 5.87. The van der Waals surface area contributed by atoms with Crippen LogP contribution in [0.15, 0.2) is 60.7 Å². The van der Waals surface area contributed by atoms with E-state index in [1.165, 1.54) is 6.08 Å². The number of carbonyl (C=O) groups excluding carboxylic acids is 3. The molecule has 0 unspecified atom stereocenters. The first-order chi connectivity index (χ1) is 15.7. The molecule has 176 valence electrons. The highest BCUT2D eigenvalue weighted by Crippen LogP contribution is 2.12. The molecule has 0 saturated carbocycles. The first kappa shape index (κ1) is 25.6. The molecule has 7 nitrogen and oxygen atoms in total. The van der Waals surface area contributed by atoms with Gasteiger partial charge in [0.05, 0.1) is 6.61 Å². The van der Waals surface area contributed by atoms with Crippen LogP contribution in [0.25, 0.3) is 6.08 Å². The van der Waals surface area contributed by atoms with E-state index in [1.807, 2.05) is 54.6 Å². The Kier molecular flexibility index (Phi) is 9.66. The summed E-state index contributed by atoms with van der Waals surface area (Å²) in [6.07, 6.45) is 2.52. The van der Waals surface area contributed by atoms with Gasteiger partial charge in [-0.15, -0.1) is 0 Å². The lowest BCUT2D eigenvalue weighted by Gasteiger charge is -2.23. The van der Waals surface area contributed by atoms with E-state index in [2.05, 4.69) is 5.32 Å². The van der Waals surface area contributed by atoms with Crippen LogP contribution in [0.1, 0.15) is 44.4 Å². The molecule has 0 bridgehead atoms. The molecule has 0 radical (unpaired) electrons. The number of benzene rings is 2. The van der Waals surface area contributed by atoms with E-state index < -0.39 is 29.7 Å². The van der Waals surface area contributed by atoms with Gasteiger partial charge in [0.2, 0.25) is 0 Å². The molecule has 2 aromatic carbocycles. The molecule has 0 aliphatic carbocycles. The molecule has 7 heteroatoms. The number of esters is 2. The van der Waals surface area contributed by atoms with Gasteiger partial charge >= 0.3 is 18.0 Å². The maximum atomic E-state index is 12.8. The van der Waals surface area contributed by atoms with E-state index in [1.54, 1.807) is 33.8 Å². The number of hydrogen-bond acceptors (Lipinski definition) is 6. The number of ether oxygens (including phenoxy) is 3. The van der Waals surface area contributed by atoms with Crippen LogP contribution in [0.4, 0.5) is 4.79 Å². The Morgan fingerprint density at radius 2 is 1.61 bits per heavy atom. The summed E-state index contributed by atoms with van der Waals surface area (Å²) in [5.41, 5.74) is 1.76. The summed E-state index contributed by atoms with van der Waals surface area (Å²) in [4.78, 5) is 36.5. The van der Waals surface area contributed by atoms with Gasteiger partial charge in [-0.05, 0) is 50.5 Å². The number of alkyl carbamates (subject to hydrolysis) is 1. The summed E-state index contributed by atoms with van der Waals surface area (Å²) in [6, 6.07) is 15.6. The third kappa shape index (κ3) is 10.0. The highest BCUT2D eigenvalue weighted by atomic mass is 16.6. The van der Waals surface area contributed by atoms with Crippen LogP contribution in [-0.4, -0.2) is 36.3 Å². The molecular weight excluding hydrogens is 422 g/mol. The maximum Gasteiger partial charge on any atom is 0.408 e. The van der Waals surface area contributed by atoms with E-state index in [-0.39, 0.29) is 13.0 Å². The van der Waals surface area contributed by atoms with Gasteiger partial charge in [0, 0.05) is 12.5 Å². The van der Waals surface area contributed by atoms with Crippen LogP contribution in [0.5, 0.6) is 0 Å². The minimum atomic E-state index is -0.926. The van der Waals surface area contributed by atoms with Crippen molar-refractivity contribution in [2.45, 2.75) is 52.4 Å². The Morgan fingerprint density at radius 3 is 2.21 bits per heavy atom. The Hall–Kier alpha value is -3.61. The predicted molar refractivity (Wildman–Crippen MR) is 125 cm³/mol. The zero-order chi connectivity index (χ0) is 24.3. The fraction of sp³-hybridized carbons (Fsp3) is 0.346. The Labute approximate surface area is 194 Å². The lowest BCUT2D eigenvalue weighted by atomic mass is 10.0. The average Bonchev–Trinajstić information content (AvgIpc) is 2.76. The van der Waals surface area contributed by atoms with Crippen molar-refractivity contribution in [1.82, 2.24) is 5.32 Å². The molecule has 0 saturated heterocycles. The van der Waals surface area contributed by atoms with Crippen molar-refractivity contribution in [3.05, 3.63) is 77.4 Å². The Balaban J connectivity index is 2.07. The zero-order valence-electron chi connectivity index (χ0n) is 19.5. The largest absolute Gasteiger partial charge is 0.463 e. The first-order valence-electron chi connectivity index (χ1n) is 10.8. The normalized spacial score (nSPS) is 12.1. The minimum absolute atomic E-state index is 0.101. The van der Waals surface area contributed by atoms with Crippen molar-refractivity contribution in [3.8, 4) is 0 Å². The van der Waals surface area contributed by atoms with Gasteiger partial charge in [-0.25, -0.2) is 14.4 Å². The summed E-state index contributed by atoms with van der Waals surface area (Å²) in [5.74, 6) is -0.972. The highest BCUT2D eigenvalue weighted by Gasteiger charge is 2.26. The number of nitrogens with one attached hydrogen (secondary N) is 1. The van der Waals surface area contributed by atoms with Crippen LogP contribution >= 0.6 is 0 Å². The molecule has 0 aromatic heterocycles. The van der Waals surface area contributed by atoms with Crippen molar-refractivity contribution in [1.29, 1.82) is 0 Å². The van der Waals surface area contributed by atoms with Crippen LogP contribution in [-0.2, 0) is 36.8 Å². The average molecular weight is 454 g/mol. The van der Waals surface area contributed by atoms with Gasteiger partial charge in [-0.1, -0.05) is 54.6 Å². The Morgan fingerprint density at radius 1 is 0.939 bits per heavy atom. The molecule has 1 amide bonds. The van der Waals surface area contributed by atoms with Crippen LogP contribution in [0.2, 0.25) is 0 Å². The zero-order valence-corrected chi connectivity index (χ0v) is 19.5. The molecule has 1 N–H and O–H groups in total. The molecule has 33 heavy (non-hydrogen) atoms. The van der Waals surface area contributed by atoms with E-state index in [0.717, 1.165) is 16.7 Å². The SMILES string of the molecule is CCOC(=O)C=Cc1ccc(C[C@H](NC(=O)OC(C)(C)C)C(=O)OCc2ccccc2)cc1. The fourth-order valence-electron chi connectivity index (χ4n) is 2.83. The van der Waals surface area contributed by atoms with Crippen LogP contribution in [0.3, 0.4) is 0 Å². The van der Waals surface area contributed by atoms with Crippen molar-refractivity contribution in [2.24, 2.45) is 0 Å². The number of hydrogen-bond donors (Lipinski definition) is 1. The summed E-state index contributed by atoms with van der Waals surface area (Å²) in [6.45, 7) is 7.40. The molecule has 1 atom stereocenters. The molecule has 0 aliphatic heterocycles. The van der Waals surface area contributed by atoms with Gasteiger partial charge < -0.3 is 19.5 Å². The predicted octanol–water partition coefficient (Wildman–Crippen LogP) is 4.44. The third-order valence-corrected chi connectivity index (χ3v) is 4.32. The monoisotopic (exact) mass is 453 g/mol. The molecule has 0 fully saturated rings. The smallest absolute Gasteiger partial charge is 0.408 e. The third-order valence-electron chi connectivity index (χ3n) is 4.32. The van der Waals surface area contributed by atoms with Gasteiger partial charge in [0.25, 0.3) is 0 Å². The summed E-state index contributed by atoms with van der Waals surface area (Å²) < 4.78 is 15.6. The second-order valence-electron chi connectivity index (χ2n) is 8.32. The second kappa shape index (κ2) is 12.4. The molecule has 2 rings (SSSR count). The Bertz CT molecular complexity index is 945. The molecule has 0 heterocycles. The summed E-state index contributed by atoms with van der Waals surface area (Å²) in [5, 5.41) is 2.62. The van der Waals surface area contributed by atoms with Gasteiger partial charge in [0.15, 0.2) is 0 Å². The topological polar surface area (TPSA) is 90.9 Å². The first-order valence-corrected chi connectivity index (χ1v) is 10.8. The molecule has 0 aliphatic rings. The van der Waals surface area contributed by atoms with Gasteiger partial charge in [-0.2, -0.15) is 0 Å². The van der Waals surface area contributed by atoms with Crippen molar-refractivity contribution < 1.29 is 28.6 Å². The van der Waals surface area contributed by atoms with E-state index >= 15 is 0 Å². The van der Waals surface area contributed by atoms with Gasteiger partial charge in [-0.3, -0.25) is 0 Å². The fourth-order valence-corrected chi connectivity index (χ4v) is 2.83. The quantitative estimate of drug-likeness (QED) is 0.343. The molecule has 2 aromatic rings. The second-order valence-corrected chi connectivity index (χ2v) is 8.32. The summed E-state index contributed by atoms with van der Waals surface area (Å²) in [7, 11) is 0. The van der Waals surface area contributed by atoms with Crippen molar-refractivity contribution in [3.63, 3.8) is 0 Å².